The molecular weight excluding hydrogens is 250 g/mol. The second-order valence-corrected chi connectivity index (χ2v) is 6.34. The molecule has 0 spiro atoms. The van der Waals surface area contributed by atoms with Gasteiger partial charge in [-0.1, -0.05) is 0 Å². The Morgan fingerprint density at radius 2 is 2.40 bits per heavy atom. The van der Waals surface area contributed by atoms with Crippen LogP contribution in [-0.2, 0) is 0 Å². The second kappa shape index (κ2) is 3.30. The van der Waals surface area contributed by atoms with Crippen LogP contribution < -0.4 is 9.14 Å². The van der Waals surface area contributed by atoms with E-state index in [9.17, 15) is 0 Å². The van der Waals surface area contributed by atoms with E-state index in [2.05, 4.69) is 16.6 Å². The van der Waals surface area contributed by atoms with Crippen molar-refractivity contribution in [1.29, 1.82) is 0 Å². The molecule has 0 amide bonds. The fraction of sp³-hybridized carbons (Fsp3) is 0.444. The molecule has 15 heavy (non-hydrogen) atoms. The Bertz CT molecular complexity index is 425. The number of hydrogen-bond donors (Lipinski definition) is 1. The van der Waals surface area contributed by atoms with Crippen molar-refractivity contribution in [3.8, 4) is 0 Å². The van der Waals surface area contributed by atoms with Crippen LogP contribution in [0.1, 0.15) is 19.8 Å². The van der Waals surface area contributed by atoms with Gasteiger partial charge in [-0.2, -0.15) is 0 Å². The fourth-order valence-electron chi connectivity index (χ4n) is 1.37. The first kappa shape index (κ1) is 9.81. The number of nitrogens with one attached hydrogen (secondary N) is 1. The van der Waals surface area contributed by atoms with E-state index in [4.69, 9.17) is 11.8 Å². The molecule has 2 heterocycles. The number of anilines is 1. The zero-order valence-electron chi connectivity index (χ0n) is 8.16. The molecule has 0 bridgehead atoms. The summed E-state index contributed by atoms with van der Waals surface area (Å²) < 4.78 is 5.98. The highest BCUT2D eigenvalue weighted by Crippen LogP contribution is 2.42. The van der Waals surface area contributed by atoms with Crippen LogP contribution in [0, 0.1) is 0 Å². The Morgan fingerprint density at radius 1 is 1.60 bits per heavy atom. The Hall–Kier alpha value is -0.390. The molecule has 0 saturated heterocycles. The zero-order valence-corrected chi connectivity index (χ0v) is 10.5. The Kier molecular flexibility index (Phi) is 2.16. The fourth-order valence-corrected chi connectivity index (χ4v) is 3.41. The summed E-state index contributed by atoms with van der Waals surface area (Å²) in [6.45, 7) is 2.15. The molecule has 3 nitrogen and oxygen atoms in total. The average molecular weight is 260 g/mol. The van der Waals surface area contributed by atoms with Gasteiger partial charge in [-0.25, -0.2) is 9.41 Å². The van der Waals surface area contributed by atoms with Gasteiger partial charge in [-0.15, -0.1) is 11.3 Å². The first-order valence-electron chi connectivity index (χ1n) is 4.74. The molecule has 1 fully saturated rings. The van der Waals surface area contributed by atoms with E-state index in [1.165, 1.54) is 4.21 Å². The van der Waals surface area contributed by atoms with Gasteiger partial charge >= 0.3 is 0 Å². The van der Waals surface area contributed by atoms with Crippen LogP contribution in [0.4, 0.5) is 5.69 Å². The van der Waals surface area contributed by atoms with E-state index in [0.29, 0.717) is 0 Å². The molecule has 1 aliphatic carbocycles. The summed E-state index contributed by atoms with van der Waals surface area (Å²) in [5.41, 5.74) is 1.15. The van der Waals surface area contributed by atoms with Crippen molar-refractivity contribution >= 4 is 46.7 Å². The van der Waals surface area contributed by atoms with Crippen molar-refractivity contribution in [3.63, 3.8) is 0 Å². The minimum absolute atomic E-state index is 0.115. The van der Waals surface area contributed by atoms with E-state index in [1.807, 2.05) is 11.4 Å². The molecular formula is C9H10ClN3S2. The van der Waals surface area contributed by atoms with Gasteiger partial charge in [0.1, 0.15) is 4.21 Å². The van der Waals surface area contributed by atoms with E-state index in [0.717, 1.165) is 24.5 Å². The van der Waals surface area contributed by atoms with Gasteiger partial charge in [-0.05, 0) is 31.2 Å². The van der Waals surface area contributed by atoms with Gasteiger partial charge in [0.25, 0.3) is 0 Å². The van der Waals surface area contributed by atoms with E-state index in [-0.39, 0.29) is 5.54 Å². The van der Waals surface area contributed by atoms with Crippen LogP contribution in [-0.4, -0.2) is 11.5 Å². The van der Waals surface area contributed by atoms with E-state index in [1.54, 1.807) is 27.7 Å². The van der Waals surface area contributed by atoms with Crippen LogP contribution in [0.15, 0.2) is 20.6 Å². The quantitative estimate of drug-likeness (QED) is 0.620. The predicted molar refractivity (Wildman–Crippen MR) is 66.7 cm³/mol. The van der Waals surface area contributed by atoms with Crippen LogP contribution in [0.25, 0.3) is 0 Å². The standard InChI is InChI=1S/C9H10ClN3S2/c1-9(3-4-9)11-8-12-15-7-6(13(8)10)2-5-14-7/h2,5H,3-4H2,1H3,(H,11,12). The lowest BCUT2D eigenvalue weighted by Crippen LogP contribution is -2.35. The van der Waals surface area contributed by atoms with Gasteiger partial charge < -0.3 is 0 Å². The first-order valence-corrected chi connectivity index (χ1v) is 6.77. The zero-order chi connectivity index (χ0) is 10.5. The average Bonchev–Trinajstić information content (AvgIpc) is 2.78. The molecule has 1 saturated carbocycles. The Morgan fingerprint density at radius 3 is 3.13 bits per heavy atom. The number of thiophene rings is 1. The molecule has 2 aliphatic rings. The number of nitrogens with zero attached hydrogens (tertiary/aromatic N) is 2. The molecule has 3 rings (SSSR count). The van der Waals surface area contributed by atoms with Gasteiger partial charge in [0.2, 0.25) is 5.96 Å². The summed E-state index contributed by atoms with van der Waals surface area (Å²) in [6, 6.07) is 2.02. The summed E-state index contributed by atoms with van der Waals surface area (Å²) in [6.07, 6.45) is 2.31. The number of fused-ring (bicyclic) bond motifs is 1. The van der Waals surface area contributed by atoms with Gasteiger partial charge in [-0.3, -0.25) is 4.72 Å². The molecule has 1 aliphatic heterocycles. The lowest BCUT2D eigenvalue weighted by Gasteiger charge is -2.24. The maximum atomic E-state index is 6.22. The van der Waals surface area contributed by atoms with Gasteiger partial charge in [0, 0.05) is 23.7 Å². The maximum absolute atomic E-state index is 6.22. The van der Waals surface area contributed by atoms with Crippen LogP contribution in [0.5, 0.6) is 0 Å². The highest BCUT2D eigenvalue weighted by Gasteiger charge is 2.39. The Balaban J connectivity index is 1.93. The molecule has 0 atom stereocenters. The number of rotatable bonds is 1. The van der Waals surface area contributed by atoms with Crippen molar-refractivity contribution in [2.24, 2.45) is 4.99 Å². The predicted octanol–water partition coefficient (Wildman–Crippen LogP) is 3.23. The second-order valence-electron chi connectivity index (χ2n) is 4.01. The van der Waals surface area contributed by atoms with Crippen LogP contribution >= 0.6 is 35.1 Å². The number of guanidine groups is 1. The minimum Gasteiger partial charge on any atom is -0.294 e. The Labute approximate surface area is 102 Å². The molecule has 6 heteroatoms. The molecule has 0 aromatic carbocycles. The van der Waals surface area contributed by atoms with Gasteiger partial charge in [0.05, 0.1) is 11.2 Å². The highest BCUT2D eigenvalue weighted by atomic mass is 35.5. The number of aliphatic imine (C=N–C) groups is 1. The minimum atomic E-state index is 0.115. The lowest BCUT2D eigenvalue weighted by molar-refractivity contribution is 0.759. The molecule has 1 aromatic rings. The SMILES string of the molecule is CC1(N=C2NSc3sccc3N2Cl)CC1. The van der Waals surface area contributed by atoms with Gasteiger partial charge in [0.15, 0.2) is 0 Å². The molecule has 1 aromatic heterocycles. The lowest BCUT2D eigenvalue weighted by atomic mass is 10.3. The topological polar surface area (TPSA) is 27.6 Å². The summed E-state index contributed by atoms with van der Waals surface area (Å²) >= 11 is 9.49. The van der Waals surface area contributed by atoms with E-state index < -0.39 is 0 Å². The molecule has 0 radical (unpaired) electrons. The summed E-state index contributed by atoms with van der Waals surface area (Å²) in [5, 5.41) is 2.04. The summed E-state index contributed by atoms with van der Waals surface area (Å²) in [7, 11) is 0. The first-order chi connectivity index (χ1) is 7.18. The van der Waals surface area contributed by atoms with Crippen molar-refractivity contribution in [2.45, 2.75) is 29.5 Å². The summed E-state index contributed by atoms with van der Waals surface area (Å²) in [4.78, 5) is 4.62. The highest BCUT2D eigenvalue weighted by molar-refractivity contribution is 8.00. The van der Waals surface area contributed by atoms with Crippen molar-refractivity contribution in [2.75, 3.05) is 4.42 Å². The normalized spacial score (nSPS) is 24.9. The maximum Gasteiger partial charge on any atom is 0.224 e. The molecule has 80 valence electrons. The summed E-state index contributed by atoms with van der Waals surface area (Å²) in [5.74, 6) is 0.757. The van der Waals surface area contributed by atoms with Crippen molar-refractivity contribution in [3.05, 3.63) is 11.4 Å². The third-order valence-electron chi connectivity index (χ3n) is 2.59. The smallest absolute Gasteiger partial charge is 0.224 e. The molecule has 1 N–H and O–H groups in total. The third-order valence-corrected chi connectivity index (χ3v) is 4.85. The van der Waals surface area contributed by atoms with Crippen LogP contribution in [0.2, 0.25) is 0 Å². The molecule has 0 unspecified atom stereocenters. The number of halogens is 1. The third kappa shape index (κ3) is 1.73. The van der Waals surface area contributed by atoms with Crippen molar-refractivity contribution < 1.29 is 0 Å². The van der Waals surface area contributed by atoms with Crippen molar-refractivity contribution in [1.82, 2.24) is 4.72 Å². The van der Waals surface area contributed by atoms with E-state index >= 15 is 0 Å². The largest absolute Gasteiger partial charge is 0.294 e. The van der Waals surface area contributed by atoms with Crippen LogP contribution in [0.3, 0.4) is 0 Å². The monoisotopic (exact) mass is 259 g/mol. The number of hydrogen-bond acceptors (Lipinski definition) is 3.